The summed E-state index contributed by atoms with van der Waals surface area (Å²) in [6, 6.07) is 11.1. The number of anilines is 3. The lowest BCUT2D eigenvalue weighted by Gasteiger charge is -2.36. The number of amides is 3. The smallest absolute Gasteiger partial charge is 0.255 e. The number of carbonyl (C=O) groups is 3. The van der Waals surface area contributed by atoms with Gasteiger partial charge in [0.15, 0.2) is 17.4 Å². The zero-order valence-electron chi connectivity index (χ0n) is 30.1. The number of aromatic hydroxyl groups is 1. The third-order valence-electron chi connectivity index (χ3n) is 11.4. The number of aryl methyl sites for hydroxylation is 1. The van der Waals surface area contributed by atoms with Gasteiger partial charge in [0.1, 0.15) is 11.9 Å². The summed E-state index contributed by atoms with van der Waals surface area (Å²) in [4.78, 5) is 50.8. The van der Waals surface area contributed by atoms with E-state index in [9.17, 15) is 28.3 Å². The summed E-state index contributed by atoms with van der Waals surface area (Å²) in [6.07, 6.45) is 3.48. The topological polar surface area (TPSA) is 147 Å². The van der Waals surface area contributed by atoms with E-state index < -0.39 is 29.3 Å². The first-order chi connectivity index (χ1) is 26.6. The quantitative estimate of drug-likeness (QED) is 0.233. The molecule has 3 amide bonds. The number of carbonyl (C=O) groups excluding carboxylic acids is 3. The van der Waals surface area contributed by atoms with E-state index in [-0.39, 0.29) is 40.8 Å². The zero-order valence-corrected chi connectivity index (χ0v) is 30.9. The van der Waals surface area contributed by atoms with Gasteiger partial charge in [-0.25, -0.2) is 13.8 Å². The number of pyridine rings is 1. The fourth-order valence-corrected chi connectivity index (χ4v) is 9.64. The number of piperazine rings is 1. The van der Waals surface area contributed by atoms with Gasteiger partial charge in [0.25, 0.3) is 5.91 Å². The van der Waals surface area contributed by atoms with Crippen LogP contribution in [0.4, 0.5) is 26.0 Å². The van der Waals surface area contributed by atoms with Crippen molar-refractivity contribution in [3.63, 3.8) is 0 Å². The SMILES string of the molecule is Cc1cc(SC2CC3CNc4nnc(-c5cc(F)cc(F)c5O)cc4N3C2)ncc1CN1CCN(c2ccc3c(c2)C(=O)N(C2CCC(=O)NC2=O)C3)CC1. The van der Waals surface area contributed by atoms with Crippen molar-refractivity contribution in [1.29, 1.82) is 0 Å². The highest BCUT2D eigenvalue weighted by Crippen LogP contribution is 2.42. The number of phenols is 1. The first kappa shape index (κ1) is 35.4. The van der Waals surface area contributed by atoms with E-state index in [1.54, 1.807) is 22.7 Å². The van der Waals surface area contributed by atoms with Gasteiger partial charge < -0.3 is 25.1 Å². The highest BCUT2D eigenvalue weighted by molar-refractivity contribution is 7.99. The minimum absolute atomic E-state index is 0.0416. The maximum absolute atomic E-state index is 14.1. The summed E-state index contributed by atoms with van der Waals surface area (Å²) < 4.78 is 28.1. The molecule has 16 heteroatoms. The molecule has 13 nitrogen and oxygen atoms in total. The monoisotopic (exact) mass is 767 g/mol. The van der Waals surface area contributed by atoms with Crippen molar-refractivity contribution >= 4 is 46.7 Å². The minimum Gasteiger partial charge on any atom is -0.504 e. The van der Waals surface area contributed by atoms with E-state index in [0.29, 0.717) is 37.0 Å². The molecule has 0 aliphatic carbocycles. The van der Waals surface area contributed by atoms with Crippen LogP contribution in [0.25, 0.3) is 11.3 Å². The summed E-state index contributed by atoms with van der Waals surface area (Å²) in [5.41, 5.74) is 5.83. The molecular weight excluding hydrogens is 729 g/mol. The zero-order chi connectivity index (χ0) is 38.0. The first-order valence-corrected chi connectivity index (χ1v) is 19.4. The van der Waals surface area contributed by atoms with Crippen LogP contribution in [0, 0.1) is 18.6 Å². The largest absolute Gasteiger partial charge is 0.504 e. The van der Waals surface area contributed by atoms with Gasteiger partial charge >= 0.3 is 0 Å². The van der Waals surface area contributed by atoms with Crippen LogP contribution in [0.15, 0.2) is 53.7 Å². The van der Waals surface area contributed by atoms with Crippen molar-refractivity contribution in [2.24, 2.45) is 0 Å². The van der Waals surface area contributed by atoms with Gasteiger partial charge in [0.05, 0.1) is 16.4 Å². The third-order valence-corrected chi connectivity index (χ3v) is 12.5. The summed E-state index contributed by atoms with van der Waals surface area (Å²) >= 11 is 1.75. The van der Waals surface area contributed by atoms with Crippen molar-refractivity contribution in [3.05, 3.63) is 82.5 Å². The molecular formula is C39H39F2N9O4S. The number of hydrogen-bond donors (Lipinski definition) is 3. The van der Waals surface area contributed by atoms with Gasteiger partial charge in [-0.15, -0.1) is 22.0 Å². The fourth-order valence-electron chi connectivity index (χ4n) is 8.39. The van der Waals surface area contributed by atoms with Gasteiger partial charge in [-0.1, -0.05) is 6.07 Å². The standard InChI is InChI=1S/C39H39F2N9O4S/c1-21-10-35(55-27-13-26-17-43-37-33(49(26)20-27)15-31(45-46-37)29-11-24(40)12-30(41)36(29)52)42-16-23(21)18-47-6-8-48(9-7-47)25-3-2-22-19-50(39(54)28(22)14-25)32-4-5-34(51)44-38(32)53/h2-3,10-12,14-16,26-27,32,52H,4-9,13,17-20H2,1H3,(H,43,46)(H,44,51,53). The average Bonchev–Trinajstić information content (AvgIpc) is 3.74. The predicted octanol–water partition coefficient (Wildman–Crippen LogP) is 4.08. The molecule has 5 aliphatic heterocycles. The predicted molar refractivity (Wildman–Crippen MR) is 202 cm³/mol. The van der Waals surface area contributed by atoms with Gasteiger partial charge in [0.2, 0.25) is 11.8 Å². The molecule has 284 valence electrons. The van der Waals surface area contributed by atoms with Crippen LogP contribution < -0.4 is 20.4 Å². The van der Waals surface area contributed by atoms with Crippen LogP contribution in [0.1, 0.15) is 46.3 Å². The molecule has 0 bridgehead atoms. The average molecular weight is 768 g/mol. The number of piperidine rings is 1. The maximum atomic E-state index is 14.1. The third kappa shape index (κ3) is 6.71. The number of nitrogens with one attached hydrogen (secondary N) is 2. The molecule has 2 aromatic carbocycles. The Morgan fingerprint density at radius 2 is 1.82 bits per heavy atom. The number of rotatable bonds is 7. The lowest BCUT2D eigenvalue weighted by molar-refractivity contribution is -0.136. The van der Waals surface area contributed by atoms with Crippen LogP contribution in [-0.4, -0.2) is 104 Å². The Hall–Kier alpha value is -5.35. The van der Waals surface area contributed by atoms with E-state index in [2.05, 4.69) is 54.6 Å². The Kier molecular flexibility index (Phi) is 9.04. The highest BCUT2D eigenvalue weighted by Gasteiger charge is 2.40. The van der Waals surface area contributed by atoms with Crippen LogP contribution in [0.2, 0.25) is 0 Å². The molecule has 7 heterocycles. The van der Waals surface area contributed by atoms with E-state index in [4.69, 9.17) is 4.98 Å². The van der Waals surface area contributed by atoms with Crippen molar-refractivity contribution in [3.8, 4) is 17.0 Å². The Morgan fingerprint density at radius 3 is 2.62 bits per heavy atom. The summed E-state index contributed by atoms with van der Waals surface area (Å²) in [6.45, 7) is 8.07. The van der Waals surface area contributed by atoms with Gasteiger partial charge in [-0.3, -0.25) is 24.6 Å². The molecule has 2 aromatic heterocycles. The van der Waals surface area contributed by atoms with Crippen molar-refractivity contribution in [1.82, 2.24) is 30.3 Å². The van der Waals surface area contributed by atoms with E-state index in [1.807, 2.05) is 18.3 Å². The number of benzene rings is 2. The first-order valence-electron chi connectivity index (χ1n) is 18.5. The Bertz CT molecular complexity index is 2240. The van der Waals surface area contributed by atoms with Crippen LogP contribution in [-0.2, 0) is 22.7 Å². The van der Waals surface area contributed by atoms with E-state index in [0.717, 1.165) is 73.7 Å². The lowest BCUT2D eigenvalue weighted by Crippen LogP contribution is -2.52. The number of imide groups is 1. The molecule has 3 N–H and O–H groups in total. The summed E-state index contributed by atoms with van der Waals surface area (Å²) in [7, 11) is 0. The van der Waals surface area contributed by atoms with E-state index in [1.165, 1.54) is 11.1 Å². The van der Waals surface area contributed by atoms with Crippen molar-refractivity contribution in [2.75, 3.05) is 54.4 Å². The molecule has 4 aromatic rings. The van der Waals surface area contributed by atoms with Crippen molar-refractivity contribution in [2.45, 2.75) is 61.6 Å². The van der Waals surface area contributed by atoms with Crippen LogP contribution in [0.3, 0.4) is 0 Å². The molecule has 3 fully saturated rings. The minimum atomic E-state index is -1.05. The highest BCUT2D eigenvalue weighted by atomic mass is 32.2. The van der Waals surface area contributed by atoms with Gasteiger partial charge in [-0.2, -0.15) is 0 Å². The molecule has 0 radical (unpaired) electrons. The maximum Gasteiger partial charge on any atom is 0.255 e. The van der Waals surface area contributed by atoms with Crippen LogP contribution >= 0.6 is 11.8 Å². The Morgan fingerprint density at radius 1 is 0.982 bits per heavy atom. The van der Waals surface area contributed by atoms with Gasteiger partial charge in [0, 0.05) is 99.1 Å². The number of halogens is 2. The van der Waals surface area contributed by atoms with Crippen molar-refractivity contribution < 1.29 is 28.3 Å². The number of phenolic OH excluding ortho intramolecular Hbond substituents is 1. The second kappa shape index (κ2) is 14.1. The molecule has 9 rings (SSSR count). The summed E-state index contributed by atoms with van der Waals surface area (Å²) in [5.74, 6) is -2.76. The Labute approximate surface area is 320 Å². The molecule has 5 aliphatic rings. The van der Waals surface area contributed by atoms with Crippen LogP contribution in [0.5, 0.6) is 5.75 Å². The molecule has 55 heavy (non-hydrogen) atoms. The number of hydrogen-bond acceptors (Lipinski definition) is 12. The second-order valence-corrected chi connectivity index (χ2v) is 16.2. The molecule has 0 spiro atoms. The normalized spacial score (nSPS) is 22.3. The van der Waals surface area contributed by atoms with Gasteiger partial charge in [-0.05, 0) is 66.8 Å². The molecule has 0 saturated carbocycles. The molecule has 3 unspecified atom stereocenters. The number of thioether (sulfide) groups is 1. The molecule has 3 atom stereocenters. The second-order valence-electron chi connectivity index (χ2n) is 14.9. The number of aromatic nitrogens is 3. The fraction of sp³-hybridized carbons (Fsp3) is 0.385. The Balaban J connectivity index is 0.800. The van der Waals surface area contributed by atoms with E-state index >= 15 is 0 Å². The summed E-state index contributed by atoms with van der Waals surface area (Å²) in [5, 5.41) is 25.6. The molecule has 3 saturated heterocycles. The number of nitrogens with zero attached hydrogens (tertiary/aromatic N) is 7. The number of fused-ring (bicyclic) bond motifs is 4. The lowest BCUT2D eigenvalue weighted by atomic mass is 10.0.